The largest absolute Gasteiger partial charge is 0.396 e. The van der Waals surface area contributed by atoms with Gasteiger partial charge in [0.1, 0.15) is 10.8 Å². The highest BCUT2D eigenvalue weighted by atomic mass is 32.1. The minimum absolute atomic E-state index is 0.244. The van der Waals surface area contributed by atoms with Crippen molar-refractivity contribution in [1.82, 2.24) is 15.0 Å². The van der Waals surface area contributed by atoms with E-state index in [1.54, 1.807) is 11.3 Å². The molecule has 0 bridgehead atoms. The number of fused-ring (bicyclic) bond motifs is 1. The minimum Gasteiger partial charge on any atom is -0.396 e. The van der Waals surface area contributed by atoms with E-state index in [1.165, 1.54) is 0 Å². The summed E-state index contributed by atoms with van der Waals surface area (Å²) in [5, 5.41) is 17.3. The van der Waals surface area contributed by atoms with Gasteiger partial charge in [-0.3, -0.25) is 0 Å². The second kappa shape index (κ2) is 8.38. The van der Waals surface area contributed by atoms with Crippen LogP contribution >= 0.6 is 11.3 Å². The number of benzene rings is 2. The number of hydrogen-bond donors (Lipinski definition) is 3. The first-order chi connectivity index (χ1) is 14.8. The average Bonchev–Trinajstić information content (AvgIpc) is 3.41. The first-order valence-corrected chi connectivity index (χ1v) is 11.0. The molecule has 1 fully saturated rings. The molecule has 4 aromatic rings. The molecular formula is C23H23N5OS. The highest BCUT2D eigenvalue weighted by Crippen LogP contribution is 2.36. The summed E-state index contributed by atoms with van der Waals surface area (Å²) in [6.45, 7) is 0.244. The van der Waals surface area contributed by atoms with Crippen LogP contribution < -0.4 is 10.6 Å². The SMILES string of the molecule is OCC1CCC(Nc2nc(Nc3ccccc3)ncc2-c2nc3ccccc3s2)C1. The number of anilines is 3. The van der Waals surface area contributed by atoms with Gasteiger partial charge >= 0.3 is 0 Å². The van der Waals surface area contributed by atoms with Gasteiger partial charge in [-0.1, -0.05) is 30.3 Å². The van der Waals surface area contributed by atoms with Crippen LogP contribution in [0.15, 0.2) is 60.8 Å². The van der Waals surface area contributed by atoms with Crippen molar-refractivity contribution in [2.45, 2.75) is 25.3 Å². The highest BCUT2D eigenvalue weighted by Gasteiger charge is 2.25. The Kier molecular flexibility index (Phi) is 5.29. The molecule has 2 aromatic carbocycles. The first-order valence-electron chi connectivity index (χ1n) is 10.2. The van der Waals surface area contributed by atoms with Crippen molar-refractivity contribution in [1.29, 1.82) is 0 Å². The molecule has 0 amide bonds. The number of aliphatic hydroxyl groups is 1. The number of nitrogens with zero attached hydrogens (tertiary/aromatic N) is 3. The fourth-order valence-electron chi connectivity index (χ4n) is 3.91. The monoisotopic (exact) mass is 417 g/mol. The van der Waals surface area contributed by atoms with Gasteiger partial charge in [0, 0.05) is 24.5 Å². The maximum absolute atomic E-state index is 9.50. The maximum atomic E-state index is 9.50. The normalized spacial score (nSPS) is 18.6. The van der Waals surface area contributed by atoms with E-state index >= 15 is 0 Å². The quantitative estimate of drug-likeness (QED) is 0.406. The van der Waals surface area contributed by atoms with Crippen molar-refractivity contribution < 1.29 is 5.11 Å². The predicted molar refractivity (Wildman–Crippen MR) is 122 cm³/mol. The van der Waals surface area contributed by atoms with Gasteiger partial charge in [-0.15, -0.1) is 11.3 Å². The zero-order valence-corrected chi connectivity index (χ0v) is 17.3. The first kappa shape index (κ1) is 19.0. The summed E-state index contributed by atoms with van der Waals surface area (Å²) in [4.78, 5) is 14.2. The Bertz CT molecular complexity index is 1110. The van der Waals surface area contributed by atoms with Crippen LogP contribution in [0.5, 0.6) is 0 Å². The second-order valence-electron chi connectivity index (χ2n) is 7.64. The zero-order valence-electron chi connectivity index (χ0n) is 16.5. The predicted octanol–water partition coefficient (Wildman–Crippen LogP) is 5.07. The Morgan fingerprint density at radius 3 is 2.63 bits per heavy atom. The van der Waals surface area contributed by atoms with Gasteiger partial charge in [-0.2, -0.15) is 4.98 Å². The van der Waals surface area contributed by atoms with Crippen molar-refractivity contribution in [2.24, 2.45) is 5.92 Å². The molecule has 7 heteroatoms. The molecule has 1 saturated carbocycles. The molecule has 0 radical (unpaired) electrons. The molecule has 2 aromatic heterocycles. The summed E-state index contributed by atoms with van der Waals surface area (Å²) < 4.78 is 1.14. The maximum Gasteiger partial charge on any atom is 0.229 e. The molecule has 5 rings (SSSR count). The number of rotatable bonds is 6. The summed E-state index contributed by atoms with van der Waals surface area (Å²) >= 11 is 1.65. The third-order valence-corrected chi connectivity index (χ3v) is 6.55. The molecule has 2 heterocycles. The standard InChI is InChI=1S/C23H23N5OS/c29-14-15-10-11-17(12-15)25-21-18(22-27-19-8-4-5-9-20(19)30-22)13-24-23(28-21)26-16-6-2-1-3-7-16/h1-9,13,15,17,29H,10-12,14H2,(H2,24,25,26,28). The lowest BCUT2D eigenvalue weighted by atomic mass is 10.1. The number of nitrogens with one attached hydrogen (secondary N) is 2. The topological polar surface area (TPSA) is 83.0 Å². The molecular weight excluding hydrogens is 394 g/mol. The van der Waals surface area contributed by atoms with Crippen LogP contribution in [0, 0.1) is 5.92 Å². The number of aromatic nitrogens is 3. The van der Waals surface area contributed by atoms with E-state index in [4.69, 9.17) is 9.97 Å². The fraction of sp³-hybridized carbons (Fsp3) is 0.261. The van der Waals surface area contributed by atoms with Gasteiger partial charge < -0.3 is 15.7 Å². The van der Waals surface area contributed by atoms with Crippen molar-refractivity contribution in [3.05, 3.63) is 60.8 Å². The summed E-state index contributed by atoms with van der Waals surface area (Å²) in [6.07, 6.45) is 4.85. The van der Waals surface area contributed by atoms with Crippen LogP contribution in [0.3, 0.4) is 0 Å². The Hall–Kier alpha value is -3.03. The van der Waals surface area contributed by atoms with Gasteiger partial charge in [0.05, 0.1) is 15.8 Å². The smallest absolute Gasteiger partial charge is 0.229 e. The molecule has 0 spiro atoms. The van der Waals surface area contributed by atoms with E-state index in [-0.39, 0.29) is 12.6 Å². The van der Waals surface area contributed by atoms with Crippen LogP contribution in [0.1, 0.15) is 19.3 Å². The van der Waals surface area contributed by atoms with Crippen LogP contribution in [0.25, 0.3) is 20.8 Å². The van der Waals surface area contributed by atoms with Crippen molar-refractivity contribution >= 4 is 39.0 Å². The molecule has 6 nitrogen and oxygen atoms in total. The summed E-state index contributed by atoms with van der Waals surface area (Å²) in [7, 11) is 0. The van der Waals surface area contributed by atoms with E-state index < -0.39 is 0 Å². The number of para-hydroxylation sites is 2. The van der Waals surface area contributed by atoms with Gasteiger partial charge in [-0.25, -0.2) is 9.97 Å². The van der Waals surface area contributed by atoms with Crippen LogP contribution in [-0.4, -0.2) is 32.7 Å². The zero-order chi connectivity index (χ0) is 20.3. The summed E-state index contributed by atoms with van der Waals surface area (Å²) in [5.74, 6) is 1.69. The van der Waals surface area contributed by atoms with E-state index in [2.05, 4.69) is 21.7 Å². The molecule has 0 saturated heterocycles. The molecule has 2 unspecified atom stereocenters. The lowest BCUT2D eigenvalue weighted by Gasteiger charge is -2.17. The van der Waals surface area contributed by atoms with Crippen molar-refractivity contribution in [3.8, 4) is 10.6 Å². The Morgan fingerprint density at radius 2 is 1.83 bits per heavy atom. The Morgan fingerprint density at radius 1 is 1.00 bits per heavy atom. The molecule has 2 atom stereocenters. The lowest BCUT2D eigenvalue weighted by molar-refractivity contribution is 0.229. The molecule has 152 valence electrons. The number of aliphatic hydroxyl groups excluding tert-OH is 1. The summed E-state index contributed by atoms with van der Waals surface area (Å²) in [6, 6.07) is 18.3. The molecule has 0 aliphatic heterocycles. The molecule has 1 aliphatic carbocycles. The third-order valence-electron chi connectivity index (χ3n) is 5.48. The van der Waals surface area contributed by atoms with E-state index in [0.717, 1.165) is 51.6 Å². The molecule has 30 heavy (non-hydrogen) atoms. The highest BCUT2D eigenvalue weighted by molar-refractivity contribution is 7.21. The van der Waals surface area contributed by atoms with Gasteiger partial charge in [0.25, 0.3) is 0 Å². The number of thiazole rings is 1. The van der Waals surface area contributed by atoms with Gasteiger partial charge in [0.15, 0.2) is 0 Å². The molecule has 3 N–H and O–H groups in total. The lowest BCUT2D eigenvalue weighted by Crippen LogP contribution is -2.18. The molecule has 1 aliphatic rings. The van der Waals surface area contributed by atoms with E-state index in [0.29, 0.717) is 11.9 Å². The summed E-state index contributed by atoms with van der Waals surface area (Å²) in [5.41, 5.74) is 2.83. The van der Waals surface area contributed by atoms with E-state index in [1.807, 2.05) is 54.7 Å². The van der Waals surface area contributed by atoms with Gasteiger partial charge in [0.2, 0.25) is 5.95 Å². The second-order valence-corrected chi connectivity index (χ2v) is 8.67. The fourth-order valence-corrected chi connectivity index (χ4v) is 4.89. The third kappa shape index (κ3) is 3.99. The Labute approximate surface area is 179 Å². The van der Waals surface area contributed by atoms with Crippen LogP contribution in [0.2, 0.25) is 0 Å². The van der Waals surface area contributed by atoms with Crippen LogP contribution in [0.4, 0.5) is 17.5 Å². The van der Waals surface area contributed by atoms with E-state index in [9.17, 15) is 5.11 Å². The minimum atomic E-state index is 0.244. The number of hydrogen-bond acceptors (Lipinski definition) is 7. The van der Waals surface area contributed by atoms with Crippen LogP contribution in [-0.2, 0) is 0 Å². The van der Waals surface area contributed by atoms with Crippen molar-refractivity contribution in [3.63, 3.8) is 0 Å². The van der Waals surface area contributed by atoms with Crippen molar-refractivity contribution in [2.75, 3.05) is 17.2 Å². The van der Waals surface area contributed by atoms with Gasteiger partial charge in [-0.05, 0) is 49.4 Å². The Balaban J connectivity index is 1.49. The average molecular weight is 418 g/mol.